The van der Waals surface area contributed by atoms with Gasteiger partial charge in [0.15, 0.2) is 0 Å². The molecular formula is C20H19Cl2NO3. The molecule has 1 atom stereocenters. The van der Waals surface area contributed by atoms with Crippen molar-refractivity contribution in [3.05, 3.63) is 63.6 Å². The lowest BCUT2D eigenvalue weighted by molar-refractivity contribution is -0.119. The molecule has 0 fully saturated rings. The first-order valence-electron chi connectivity index (χ1n) is 8.27. The van der Waals surface area contributed by atoms with Gasteiger partial charge >= 0.3 is 6.09 Å². The van der Waals surface area contributed by atoms with Crippen LogP contribution in [0.2, 0.25) is 10.0 Å². The van der Waals surface area contributed by atoms with Crippen LogP contribution in [0.3, 0.4) is 0 Å². The fraction of sp³-hybridized carbons (Fsp3) is 0.300. The van der Waals surface area contributed by atoms with Gasteiger partial charge in [0.2, 0.25) is 5.91 Å². The summed E-state index contributed by atoms with van der Waals surface area (Å²) in [5.74, 6) is -0.775. The molecule has 4 nitrogen and oxygen atoms in total. The highest BCUT2D eigenvalue weighted by atomic mass is 35.5. The summed E-state index contributed by atoms with van der Waals surface area (Å²) in [4.78, 5) is 26.7. The van der Waals surface area contributed by atoms with E-state index in [9.17, 15) is 9.59 Å². The number of benzene rings is 2. The number of carbonyl (C=O) groups is 2. The summed E-state index contributed by atoms with van der Waals surface area (Å²) in [6.45, 7) is 5.31. The number of para-hydroxylation sites is 1. The van der Waals surface area contributed by atoms with Crippen LogP contribution in [0.25, 0.3) is 0 Å². The highest BCUT2D eigenvalue weighted by molar-refractivity contribution is 6.42. The van der Waals surface area contributed by atoms with Crippen molar-refractivity contribution in [2.75, 3.05) is 4.90 Å². The predicted molar refractivity (Wildman–Crippen MR) is 103 cm³/mol. The van der Waals surface area contributed by atoms with E-state index in [0.29, 0.717) is 22.2 Å². The van der Waals surface area contributed by atoms with Crippen molar-refractivity contribution in [2.24, 2.45) is 0 Å². The number of fused-ring (bicyclic) bond motifs is 1. The Morgan fingerprint density at radius 1 is 1.12 bits per heavy atom. The quantitative estimate of drug-likeness (QED) is 0.668. The first kappa shape index (κ1) is 18.7. The maximum Gasteiger partial charge on any atom is 0.421 e. The Morgan fingerprint density at radius 3 is 2.46 bits per heavy atom. The van der Waals surface area contributed by atoms with Crippen LogP contribution in [-0.4, -0.2) is 17.6 Å². The van der Waals surface area contributed by atoms with Gasteiger partial charge in [-0.2, -0.15) is 0 Å². The number of anilines is 1. The Balaban J connectivity index is 1.94. The number of imide groups is 1. The van der Waals surface area contributed by atoms with Gasteiger partial charge in [-0.05, 0) is 56.5 Å². The lowest BCUT2D eigenvalue weighted by Gasteiger charge is -2.24. The fourth-order valence-electron chi connectivity index (χ4n) is 2.99. The van der Waals surface area contributed by atoms with Gasteiger partial charge in [0.05, 0.1) is 21.7 Å². The molecule has 6 heteroatoms. The molecule has 1 aliphatic rings. The fourth-order valence-corrected chi connectivity index (χ4v) is 3.31. The number of hydrogen-bond acceptors (Lipinski definition) is 3. The van der Waals surface area contributed by atoms with Crippen molar-refractivity contribution in [2.45, 2.75) is 38.7 Å². The van der Waals surface area contributed by atoms with E-state index in [0.717, 1.165) is 16.0 Å². The number of rotatable bonds is 2. The molecule has 1 heterocycles. The summed E-state index contributed by atoms with van der Waals surface area (Å²) in [5, 5.41) is 0.899. The molecule has 0 aromatic heterocycles. The average Bonchev–Trinajstić information content (AvgIpc) is 2.82. The smallest absolute Gasteiger partial charge is 0.421 e. The molecule has 3 rings (SSSR count). The van der Waals surface area contributed by atoms with Crippen molar-refractivity contribution in [1.29, 1.82) is 0 Å². The number of nitrogens with zero attached hydrogens (tertiary/aromatic N) is 1. The Kier molecular flexibility index (Phi) is 5.00. The first-order chi connectivity index (χ1) is 12.2. The van der Waals surface area contributed by atoms with Crippen molar-refractivity contribution in [3.8, 4) is 0 Å². The second-order valence-electron chi connectivity index (χ2n) is 7.22. The summed E-state index contributed by atoms with van der Waals surface area (Å²) >= 11 is 12.1. The molecule has 0 aliphatic carbocycles. The average molecular weight is 392 g/mol. The van der Waals surface area contributed by atoms with E-state index < -0.39 is 17.6 Å². The number of hydrogen-bond donors (Lipinski definition) is 0. The Bertz CT molecular complexity index is 874. The largest absolute Gasteiger partial charge is 0.443 e. The molecule has 0 bridgehead atoms. The van der Waals surface area contributed by atoms with Crippen molar-refractivity contribution in [3.63, 3.8) is 0 Å². The number of halogens is 2. The first-order valence-corrected chi connectivity index (χ1v) is 9.03. The van der Waals surface area contributed by atoms with E-state index in [4.69, 9.17) is 27.9 Å². The molecule has 0 saturated heterocycles. The van der Waals surface area contributed by atoms with Gasteiger partial charge in [-0.3, -0.25) is 4.79 Å². The van der Waals surface area contributed by atoms with Gasteiger partial charge in [0, 0.05) is 0 Å². The minimum absolute atomic E-state index is 0.300. The van der Waals surface area contributed by atoms with Gasteiger partial charge in [-0.1, -0.05) is 47.5 Å². The summed E-state index contributed by atoms with van der Waals surface area (Å²) < 4.78 is 5.41. The maximum atomic E-state index is 13.0. The topological polar surface area (TPSA) is 46.6 Å². The molecular weight excluding hydrogens is 373 g/mol. The zero-order valence-electron chi connectivity index (χ0n) is 14.8. The maximum absolute atomic E-state index is 13.0. The van der Waals surface area contributed by atoms with Crippen LogP contribution >= 0.6 is 23.2 Å². The molecule has 1 aliphatic heterocycles. The van der Waals surface area contributed by atoms with Crippen LogP contribution in [-0.2, 0) is 16.0 Å². The van der Waals surface area contributed by atoms with Crippen molar-refractivity contribution < 1.29 is 14.3 Å². The molecule has 26 heavy (non-hydrogen) atoms. The van der Waals surface area contributed by atoms with Gasteiger partial charge < -0.3 is 4.74 Å². The van der Waals surface area contributed by atoms with Crippen LogP contribution < -0.4 is 4.90 Å². The molecule has 2 aromatic carbocycles. The zero-order valence-corrected chi connectivity index (χ0v) is 16.3. The third-order valence-electron chi connectivity index (χ3n) is 4.07. The summed E-state index contributed by atoms with van der Waals surface area (Å²) in [5.41, 5.74) is 1.55. The molecule has 0 radical (unpaired) electrons. The Hall–Kier alpha value is -2.04. The van der Waals surface area contributed by atoms with Crippen LogP contribution in [0.4, 0.5) is 10.5 Å². The lowest BCUT2D eigenvalue weighted by Crippen LogP contribution is -2.39. The highest BCUT2D eigenvalue weighted by Crippen LogP contribution is 2.40. The van der Waals surface area contributed by atoms with Gasteiger partial charge in [0.1, 0.15) is 5.60 Å². The third kappa shape index (κ3) is 3.71. The molecule has 2 aromatic rings. The highest BCUT2D eigenvalue weighted by Gasteiger charge is 2.42. The molecule has 136 valence electrons. The monoisotopic (exact) mass is 391 g/mol. The minimum atomic E-state index is -0.686. The van der Waals surface area contributed by atoms with E-state index in [2.05, 4.69) is 0 Å². The SMILES string of the molecule is CC(C)(C)OC(=O)N1C(=O)C(Cc2ccc(Cl)c(Cl)c2)c2ccccc21. The van der Waals surface area contributed by atoms with E-state index in [1.165, 1.54) is 0 Å². The van der Waals surface area contributed by atoms with E-state index in [-0.39, 0.29) is 5.91 Å². The van der Waals surface area contributed by atoms with E-state index >= 15 is 0 Å². The van der Waals surface area contributed by atoms with Crippen LogP contribution in [0.1, 0.15) is 37.8 Å². The number of ether oxygens (including phenoxy) is 1. The lowest BCUT2D eigenvalue weighted by atomic mass is 9.93. The summed E-state index contributed by atoms with van der Waals surface area (Å²) in [6, 6.07) is 12.6. The van der Waals surface area contributed by atoms with E-state index in [1.807, 2.05) is 18.2 Å². The minimum Gasteiger partial charge on any atom is -0.443 e. The summed E-state index contributed by atoms with van der Waals surface area (Å²) in [6.07, 6.45) is -0.238. The van der Waals surface area contributed by atoms with Crippen molar-refractivity contribution >= 4 is 40.9 Å². The van der Waals surface area contributed by atoms with Crippen LogP contribution in [0, 0.1) is 0 Å². The van der Waals surface area contributed by atoms with Gasteiger partial charge in [-0.25, -0.2) is 9.69 Å². The number of carbonyl (C=O) groups excluding carboxylic acids is 2. The zero-order chi connectivity index (χ0) is 19.1. The molecule has 0 N–H and O–H groups in total. The Morgan fingerprint density at radius 2 is 1.81 bits per heavy atom. The van der Waals surface area contributed by atoms with E-state index in [1.54, 1.807) is 45.0 Å². The number of amides is 2. The Labute approximate surface area is 162 Å². The molecule has 1 unspecified atom stereocenters. The van der Waals surface area contributed by atoms with Crippen molar-refractivity contribution in [1.82, 2.24) is 0 Å². The molecule has 2 amide bonds. The molecule has 0 spiro atoms. The van der Waals surface area contributed by atoms with Gasteiger partial charge in [0.25, 0.3) is 0 Å². The second kappa shape index (κ2) is 6.93. The van der Waals surface area contributed by atoms with Crippen LogP contribution in [0.5, 0.6) is 0 Å². The van der Waals surface area contributed by atoms with Gasteiger partial charge in [-0.15, -0.1) is 0 Å². The standard InChI is InChI=1S/C20H19Cl2NO3/c1-20(2,3)26-19(25)23-17-7-5-4-6-13(17)14(18(23)24)10-12-8-9-15(21)16(22)11-12/h4-9,11,14H,10H2,1-3H3. The predicted octanol–water partition coefficient (Wildman–Crippen LogP) is 5.60. The summed E-state index contributed by atoms with van der Waals surface area (Å²) in [7, 11) is 0. The molecule has 0 saturated carbocycles. The normalized spacial score (nSPS) is 16.6. The second-order valence-corrected chi connectivity index (χ2v) is 8.03. The van der Waals surface area contributed by atoms with Crippen LogP contribution in [0.15, 0.2) is 42.5 Å². The third-order valence-corrected chi connectivity index (χ3v) is 4.81.